The van der Waals surface area contributed by atoms with E-state index in [-0.39, 0.29) is 6.04 Å². The average molecular weight is 279 g/mol. The number of nitrogens with two attached hydrogens (primary N) is 1. The highest BCUT2D eigenvalue weighted by atomic mass is 14.7. The summed E-state index contributed by atoms with van der Waals surface area (Å²) in [6, 6.07) is 2.59. The Morgan fingerprint density at radius 3 is 2.76 bits per heavy atom. The quantitative estimate of drug-likeness (QED) is 0.760. The standard InChI is InChI=1S/C20H25N/c1-12-9-18-19(21)10-13(2)20(18)16-6-4-3-5-15(11-17(12)16)14-7-8-14/h4,6,9,11,13-14,19H,3,5,7-8,10,21H2,1-2H3/b6-4?,15-11+/t13-,19-/m0/s1. The largest absolute Gasteiger partial charge is 0.324 e. The molecule has 0 saturated heterocycles. The monoisotopic (exact) mass is 279 g/mol. The van der Waals surface area contributed by atoms with Gasteiger partial charge in [-0.05, 0) is 78.7 Å². The minimum Gasteiger partial charge on any atom is -0.324 e. The third-order valence-electron chi connectivity index (χ3n) is 5.50. The van der Waals surface area contributed by atoms with Gasteiger partial charge in [-0.1, -0.05) is 36.8 Å². The van der Waals surface area contributed by atoms with Crippen molar-refractivity contribution in [2.24, 2.45) is 11.7 Å². The second-order valence-corrected chi connectivity index (χ2v) is 7.20. The zero-order valence-corrected chi connectivity index (χ0v) is 13.2. The third-order valence-corrected chi connectivity index (χ3v) is 5.50. The van der Waals surface area contributed by atoms with E-state index in [2.05, 4.69) is 38.1 Å². The van der Waals surface area contributed by atoms with Gasteiger partial charge in [0.1, 0.15) is 0 Å². The number of hydrogen-bond acceptors (Lipinski definition) is 1. The Balaban J connectivity index is 1.94. The minimum absolute atomic E-state index is 0.227. The van der Waals surface area contributed by atoms with Crippen molar-refractivity contribution >= 4 is 12.2 Å². The molecule has 110 valence electrons. The van der Waals surface area contributed by atoms with Gasteiger partial charge in [-0.25, -0.2) is 0 Å². The average Bonchev–Trinajstić information content (AvgIpc) is 3.20. The Morgan fingerprint density at radius 1 is 1.19 bits per heavy atom. The second kappa shape index (κ2) is 4.84. The van der Waals surface area contributed by atoms with Crippen LogP contribution in [0.1, 0.15) is 78.8 Å². The van der Waals surface area contributed by atoms with E-state index in [0.29, 0.717) is 5.92 Å². The van der Waals surface area contributed by atoms with Crippen LogP contribution in [-0.4, -0.2) is 0 Å². The van der Waals surface area contributed by atoms with Gasteiger partial charge in [-0.3, -0.25) is 0 Å². The third kappa shape index (κ3) is 2.19. The van der Waals surface area contributed by atoms with Crippen LogP contribution in [-0.2, 0) is 0 Å². The lowest BCUT2D eigenvalue weighted by Gasteiger charge is -2.19. The predicted octanol–water partition coefficient (Wildman–Crippen LogP) is 5.10. The van der Waals surface area contributed by atoms with Crippen LogP contribution in [0.15, 0.2) is 17.7 Å². The Morgan fingerprint density at radius 2 is 2.00 bits per heavy atom. The van der Waals surface area contributed by atoms with Gasteiger partial charge in [-0.2, -0.15) is 0 Å². The number of fused-ring (bicyclic) bond motifs is 3. The first-order valence-electron chi connectivity index (χ1n) is 8.45. The molecule has 3 aliphatic carbocycles. The smallest absolute Gasteiger partial charge is 0.0303 e. The molecule has 0 aromatic heterocycles. The maximum atomic E-state index is 6.35. The molecule has 1 fully saturated rings. The first-order valence-corrected chi connectivity index (χ1v) is 8.45. The van der Waals surface area contributed by atoms with E-state index in [4.69, 9.17) is 5.73 Å². The van der Waals surface area contributed by atoms with Gasteiger partial charge in [0.2, 0.25) is 0 Å². The molecular formula is C20H25N. The normalized spacial score (nSPS) is 30.1. The summed E-state index contributed by atoms with van der Waals surface area (Å²) in [7, 11) is 0. The molecule has 1 saturated carbocycles. The van der Waals surface area contributed by atoms with E-state index >= 15 is 0 Å². The van der Waals surface area contributed by atoms with Gasteiger partial charge in [0, 0.05) is 6.04 Å². The Bertz CT molecular complexity index is 646. The van der Waals surface area contributed by atoms with Crippen molar-refractivity contribution in [3.8, 4) is 0 Å². The van der Waals surface area contributed by atoms with Gasteiger partial charge >= 0.3 is 0 Å². The van der Waals surface area contributed by atoms with E-state index < -0.39 is 0 Å². The summed E-state index contributed by atoms with van der Waals surface area (Å²) in [5.41, 5.74) is 15.3. The Hall–Kier alpha value is -1.34. The summed E-state index contributed by atoms with van der Waals surface area (Å²) < 4.78 is 0. The molecule has 0 radical (unpaired) electrons. The molecule has 2 atom stereocenters. The lowest BCUT2D eigenvalue weighted by Crippen LogP contribution is -2.06. The van der Waals surface area contributed by atoms with E-state index in [1.807, 2.05) is 0 Å². The van der Waals surface area contributed by atoms with Crippen LogP contribution in [0, 0.1) is 12.8 Å². The Kier molecular flexibility index (Phi) is 3.08. The first kappa shape index (κ1) is 13.3. The number of aryl methyl sites for hydroxylation is 1. The molecule has 3 aliphatic rings. The highest BCUT2D eigenvalue weighted by molar-refractivity contribution is 5.75. The zero-order chi connectivity index (χ0) is 14.6. The van der Waals surface area contributed by atoms with Crippen LogP contribution in [0.4, 0.5) is 0 Å². The fraction of sp³-hybridized carbons (Fsp3) is 0.500. The van der Waals surface area contributed by atoms with Crippen molar-refractivity contribution in [3.63, 3.8) is 0 Å². The number of hydrogen-bond donors (Lipinski definition) is 1. The summed E-state index contributed by atoms with van der Waals surface area (Å²) in [4.78, 5) is 0. The molecule has 2 N–H and O–H groups in total. The molecule has 0 aliphatic heterocycles. The van der Waals surface area contributed by atoms with Crippen molar-refractivity contribution in [1.82, 2.24) is 0 Å². The summed E-state index contributed by atoms with van der Waals surface area (Å²) in [5.74, 6) is 1.46. The fourth-order valence-electron chi connectivity index (χ4n) is 4.24. The van der Waals surface area contributed by atoms with Crippen molar-refractivity contribution in [1.29, 1.82) is 0 Å². The van der Waals surface area contributed by atoms with E-state index in [0.717, 1.165) is 12.3 Å². The van der Waals surface area contributed by atoms with Gasteiger partial charge in [-0.15, -0.1) is 0 Å². The SMILES string of the molecule is Cc1cc2c(c3c1/C=C(/C1CC1)CCC=C3)[C@@H](C)C[C@@H]2N. The maximum absolute atomic E-state index is 6.35. The van der Waals surface area contributed by atoms with Crippen LogP contribution in [0.2, 0.25) is 0 Å². The zero-order valence-electron chi connectivity index (χ0n) is 13.2. The lowest BCUT2D eigenvalue weighted by atomic mass is 9.86. The molecule has 0 bridgehead atoms. The second-order valence-electron chi connectivity index (χ2n) is 7.20. The van der Waals surface area contributed by atoms with Gasteiger partial charge in [0.15, 0.2) is 0 Å². The van der Waals surface area contributed by atoms with Gasteiger partial charge < -0.3 is 5.73 Å². The van der Waals surface area contributed by atoms with Gasteiger partial charge in [0.05, 0.1) is 0 Å². The van der Waals surface area contributed by atoms with Crippen molar-refractivity contribution in [3.05, 3.63) is 45.5 Å². The summed E-state index contributed by atoms with van der Waals surface area (Å²) in [6.07, 6.45) is 13.6. The molecule has 21 heavy (non-hydrogen) atoms. The molecular weight excluding hydrogens is 254 g/mol. The van der Waals surface area contributed by atoms with Crippen molar-refractivity contribution < 1.29 is 0 Å². The molecule has 0 amide bonds. The van der Waals surface area contributed by atoms with Crippen LogP contribution >= 0.6 is 0 Å². The first-order chi connectivity index (χ1) is 10.1. The molecule has 1 aromatic rings. The van der Waals surface area contributed by atoms with Crippen molar-refractivity contribution in [2.75, 3.05) is 0 Å². The van der Waals surface area contributed by atoms with Gasteiger partial charge in [0.25, 0.3) is 0 Å². The molecule has 0 heterocycles. The molecule has 0 unspecified atom stereocenters. The summed E-state index contributed by atoms with van der Waals surface area (Å²) >= 11 is 0. The highest BCUT2D eigenvalue weighted by Gasteiger charge is 2.31. The minimum atomic E-state index is 0.227. The molecule has 1 aromatic carbocycles. The molecule has 4 rings (SSSR count). The molecule has 1 heteroatoms. The van der Waals surface area contributed by atoms with E-state index in [1.165, 1.54) is 53.5 Å². The topological polar surface area (TPSA) is 26.0 Å². The van der Waals surface area contributed by atoms with Crippen LogP contribution in [0.5, 0.6) is 0 Å². The van der Waals surface area contributed by atoms with Crippen molar-refractivity contribution in [2.45, 2.75) is 57.9 Å². The van der Waals surface area contributed by atoms with E-state index in [9.17, 15) is 0 Å². The molecule has 0 spiro atoms. The van der Waals surface area contributed by atoms with Crippen LogP contribution in [0.25, 0.3) is 12.2 Å². The van der Waals surface area contributed by atoms with E-state index in [1.54, 1.807) is 5.57 Å². The predicted molar refractivity (Wildman–Crippen MR) is 90.1 cm³/mol. The summed E-state index contributed by atoms with van der Waals surface area (Å²) in [5, 5.41) is 0. The molecule has 1 nitrogen and oxygen atoms in total. The maximum Gasteiger partial charge on any atom is 0.0303 e. The summed E-state index contributed by atoms with van der Waals surface area (Å²) in [6.45, 7) is 4.59. The Labute approximate surface area is 127 Å². The van der Waals surface area contributed by atoms with Crippen LogP contribution < -0.4 is 5.73 Å². The number of allylic oxidation sites excluding steroid dienone is 2. The lowest BCUT2D eigenvalue weighted by molar-refractivity contribution is 0.639. The van der Waals surface area contributed by atoms with Crippen LogP contribution in [0.3, 0.4) is 0 Å². The number of rotatable bonds is 1. The fourth-order valence-corrected chi connectivity index (χ4v) is 4.24. The highest BCUT2D eigenvalue weighted by Crippen LogP contribution is 2.46. The number of benzene rings is 1.